The van der Waals surface area contributed by atoms with Gasteiger partial charge in [0, 0.05) is 26.3 Å². The Morgan fingerprint density at radius 3 is 2.86 bits per heavy atom. The van der Waals surface area contributed by atoms with E-state index in [1.807, 2.05) is 7.05 Å². The van der Waals surface area contributed by atoms with Gasteiger partial charge in [0.2, 0.25) is 0 Å². The summed E-state index contributed by atoms with van der Waals surface area (Å²) in [6.07, 6.45) is 7.59. The van der Waals surface area contributed by atoms with Crippen molar-refractivity contribution in [2.45, 2.75) is 39.0 Å². The molecule has 1 heterocycles. The topological polar surface area (TPSA) is 45.2 Å². The zero-order valence-electron chi connectivity index (χ0n) is 12.9. The number of rotatable bonds is 6. The van der Waals surface area contributed by atoms with E-state index >= 15 is 0 Å². The molecule has 1 N–H and O–H groups in total. The maximum atomic E-state index is 12.6. The highest BCUT2D eigenvalue weighted by Gasteiger charge is 2.22. The van der Waals surface area contributed by atoms with Gasteiger partial charge in [0.05, 0.1) is 10.6 Å². The van der Waals surface area contributed by atoms with Gasteiger partial charge in [0.1, 0.15) is 5.82 Å². The molecule has 1 aromatic rings. The van der Waals surface area contributed by atoms with Crippen molar-refractivity contribution < 1.29 is 4.79 Å². The van der Waals surface area contributed by atoms with Gasteiger partial charge < -0.3 is 10.2 Å². The third kappa shape index (κ3) is 4.34. The molecule has 1 aliphatic rings. The van der Waals surface area contributed by atoms with E-state index in [1.54, 1.807) is 17.2 Å². The van der Waals surface area contributed by atoms with Crippen molar-refractivity contribution in [3.63, 3.8) is 0 Å². The molecule has 0 atom stereocenters. The second kappa shape index (κ2) is 7.64. The van der Waals surface area contributed by atoms with Gasteiger partial charge in [-0.15, -0.1) is 0 Å². The molecule has 1 saturated carbocycles. The van der Waals surface area contributed by atoms with Gasteiger partial charge in [0.25, 0.3) is 5.91 Å². The molecule has 0 aromatic carbocycles. The molecule has 0 unspecified atom stereocenters. The predicted octanol–water partition coefficient (Wildman–Crippen LogP) is 3.82. The summed E-state index contributed by atoms with van der Waals surface area (Å²) in [7, 11) is 1.86. The molecule has 4 nitrogen and oxygen atoms in total. The molecule has 21 heavy (non-hydrogen) atoms. The van der Waals surface area contributed by atoms with Crippen molar-refractivity contribution in [1.29, 1.82) is 0 Å². The highest BCUT2D eigenvalue weighted by atomic mass is 35.5. The summed E-state index contributed by atoms with van der Waals surface area (Å²) < 4.78 is 0. The van der Waals surface area contributed by atoms with Crippen LogP contribution in [0.25, 0.3) is 0 Å². The quantitative estimate of drug-likeness (QED) is 0.869. The van der Waals surface area contributed by atoms with E-state index in [0.29, 0.717) is 22.3 Å². The standard InChI is InChI=1S/C16H24ClN3O/c1-3-8-18-15-9-13(14(17)10-19-15)16(21)20(2)11-12-6-4-5-7-12/h9-10,12H,3-8,11H2,1-2H3,(H,18,19). The van der Waals surface area contributed by atoms with Crippen LogP contribution in [0.3, 0.4) is 0 Å². The Morgan fingerprint density at radius 1 is 1.48 bits per heavy atom. The summed E-state index contributed by atoms with van der Waals surface area (Å²) in [5.41, 5.74) is 0.533. The number of hydrogen-bond acceptors (Lipinski definition) is 3. The van der Waals surface area contributed by atoms with Crippen molar-refractivity contribution in [3.05, 3.63) is 22.8 Å². The lowest BCUT2D eigenvalue weighted by Crippen LogP contribution is -2.31. The van der Waals surface area contributed by atoms with Crippen molar-refractivity contribution in [2.24, 2.45) is 5.92 Å². The molecule has 0 bridgehead atoms. The third-order valence-corrected chi connectivity index (χ3v) is 4.30. The number of amides is 1. The average Bonchev–Trinajstić information content (AvgIpc) is 2.98. The summed E-state index contributed by atoms with van der Waals surface area (Å²) in [5, 5.41) is 3.61. The van der Waals surface area contributed by atoms with E-state index in [-0.39, 0.29) is 5.91 Å². The monoisotopic (exact) mass is 309 g/mol. The summed E-state index contributed by atoms with van der Waals surface area (Å²) >= 11 is 6.15. The fourth-order valence-corrected chi connectivity index (χ4v) is 3.01. The molecule has 1 aliphatic carbocycles. The van der Waals surface area contributed by atoms with Crippen LogP contribution in [0.1, 0.15) is 49.4 Å². The van der Waals surface area contributed by atoms with Crippen LogP contribution >= 0.6 is 11.6 Å². The fourth-order valence-electron chi connectivity index (χ4n) is 2.82. The van der Waals surface area contributed by atoms with Gasteiger partial charge in [-0.1, -0.05) is 31.4 Å². The number of halogens is 1. The molecular formula is C16H24ClN3O. The van der Waals surface area contributed by atoms with E-state index in [9.17, 15) is 4.79 Å². The summed E-state index contributed by atoms with van der Waals surface area (Å²) in [4.78, 5) is 18.6. The second-order valence-corrected chi connectivity index (χ2v) is 6.22. The van der Waals surface area contributed by atoms with Crippen LogP contribution in [-0.2, 0) is 0 Å². The molecule has 0 radical (unpaired) electrons. The Balaban J connectivity index is 2.05. The Bertz CT molecular complexity index is 486. The van der Waals surface area contributed by atoms with Gasteiger partial charge in [0.15, 0.2) is 0 Å². The van der Waals surface area contributed by atoms with Crippen LogP contribution in [0, 0.1) is 5.92 Å². The average molecular weight is 310 g/mol. The molecule has 1 amide bonds. The molecule has 2 rings (SSSR count). The molecule has 0 aliphatic heterocycles. The van der Waals surface area contributed by atoms with E-state index < -0.39 is 0 Å². The van der Waals surface area contributed by atoms with Crippen molar-refractivity contribution in [1.82, 2.24) is 9.88 Å². The van der Waals surface area contributed by atoms with Gasteiger partial charge in [-0.3, -0.25) is 4.79 Å². The first kappa shape index (κ1) is 16.1. The fraction of sp³-hybridized carbons (Fsp3) is 0.625. The Morgan fingerprint density at radius 2 is 2.19 bits per heavy atom. The van der Waals surface area contributed by atoms with Crippen LogP contribution in [0.15, 0.2) is 12.3 Å². The van der Waals surface area contributed by atoms with Crippen LogP contribution in [0.2, 0.25) is 5.02 Å². The van der Waals surface area contributed by atoms with Crippen molar-refractivity contribution in [3.8, 4) is 0 Å². The largest absolute Gasteiger partial charge is 0.370 e. The number of hydrogen-bond donors (Lipinski definition) is 1. The lowest BCUT2D eigenvalue weighted by molar-refractivity contribution is 0.0773. The smallest absolute Gasteiger partial charge is 0.255 e. The van der Waals surface area contributed by atoms with Crippen molar-refractivity contribution in [2.75, 3.05) is 25.5 Å². The molecule has 0 spiro atoms. The van der Waals surface area contributed by atoms with E-state index in [2.05, 4.69) is 17.2 Å². The number of anilines is 1. The first-order valence-corrected chi connectivity index (χ1v) is 8.14. The zero-order valence-corrected chi connectivity index (χ0v) is 13.6. The SMILES string of the molecule is CCCNc1cc(C(=O)N(C)CC2CCCC2)c(Cl)cn1. The lowest BCUT2D eigenvalue weighted by atomic mass is 10.1. The maximum absolute atomic E-state index is 12.6. The van der Waals surface area contributed by atoms with Crippen LogP contribution in [0.4, 0.5) is 5.82 Å². The van der Waals surface area contributed by atoms with Gasteiger partial charge in [-0.2, -0.15) is 0 Å². The van der Waals surface area contributed by atoms with E-state index in [1.165, 1.54) is 25.7 Å². The molecule has 5 heteroatoms. The number of pyridine rings is 1. The van der Waals surface area contributed by atoms with Gasteiger partial charge >= 0.3 is 0 Å². The highest BCUT2D eigenvalue weighted by Crippen LogP contribution is 2.26. The minimum absolute atomic E-state index is 0.0196. The maximum Gasteiger partial charge on any atom is 0.255 e. The first-order valence-electron chi connectivity index (χ1n) is 7.76. The Hall–Kier alpha value is -1.29. The number of nitrogens with zero attached hydrogens (tertiary/aromatic N) is 2. The minimum atomic E-state index is -0.0196. The summed E-state index contributed by atoms with van der Waals surface area (Å²) in [5.74, 6) is 1.32. The molecule has 0 saturated heterocycles. The van der Waals surface area contributed by atoms with E-state index in [0.717, 1.165) is 19.5 Å². The van der Waals surface area contributed by atoms with Crippen LogP contribution in [0.5, 0.6) is 0 Å². The molecule has 1 aromatic heterocycles. The number of carbonyl (C=O) groups is 1. The van der Waals surface area contributed by atoms with Gasteiger partial charge in [-0.25, -0.2) is 4.98 Å². The van der Waals surface area contributed by atoms with E-state index in [4.69, 9.17) is 11.6 Å². The Kier molecular flexibility index (Phi) is 5.85. The zero-order chi connectivity index (χ0) is 15.2. The number of aromatic nitrogens is 1. The van der Waals surface area contributed by atoms with Crippen LogP contribution in [-0.4, -0.2) is 35.9 Å². The summed E-state index contributed by atoms with van der Waals surface area (Å²) in [6, 6.07) is 1.76. The predicted molar refractivity (Wildman–Crippen MR) is 86.9 cm³/mol. The number of nitrogens with one attached hydrogen (secondary N) is 1. The molecule has 116 valence electrons. The normalized spacial score (nSPS) is 15.2. The Labute approximate surface area is 131 Å². The minimum Gasteiger partial charge on any atom is -0.370 e. The lowest BCUT2D eigenvalue weighted by Gasteiger charge is -2.21. The first-order chi connectivity index (χ1) is 10.1. The second-order valence-electron chi connectivity index (χ2n) is 5.81. The third-order valence-electron chi connectivity index (χ3n) is 4.00. The molecular weight excluding hydrogens is 286 g/mol. The number of carbonyl (C=O) groups excluding carboxylic acids is 1. The highest BCUT2D eigenvalue weighted by molar-refractivity contribution is 6.33. The molecule has 1 fully saturated rings. The van der Waals surface area contributed by atoms with Crippen LogP contribution < -0.4 is 5.32 Å². The van der Waals surface area contributed by atoms with Crippen molar-refractivity contribution >= 4 is 23.3 Å². The van der Waals surface area contributed by atoms with Gasteiger partial charge in [-0.05, 0) is 31.2 Å². The summed E-state index contributed by atoms with van der Waals surface area (Å²) in [6.45, 7) is 3.74.